The highest BCUT2D eigenvalue weighted by atomic mass is 32.2. The van der Waals surface area contributed by atoms with Crippen LogP contribution in [0.25, 0.3) is 10.9 Å². The zero-order valence-electron chi connectivity index (χ0n) is 21.1. The van der Waals surface area contributed by atoms with Gasteiger partial charge in [0.25, 0.3) is 11.5 Å². The number of aromatic amines is 1. The van der Waals surface area contributed by atoms with Crippen LogP contribution in [0.2, 0.25) is 0 Å². The molecule has 2 aromatic heterocycles. The van der Waals surface area contributed by atoms with Crippen molar-refractivity contribution in [3.8, 4) is 0 Å². The summed E-state index contributed by atoms with van der Waals surface area (Å²) in [6.45, 7) is 6.18. The summed E-state index contributed by atoms with van der Waals surface area (Å²) in [6, 6.07) is 18.5. The highest BCUT2D eigenvalue weighted by molar-refractivity contribution is 7.98. The Morgan fingerprint density at radius 2 is 1.80 bits per heavy atom. The number of aryl methyl sites for hydroxylation is 1. The lowest BCUT2D eigenvalue weighted by Gasteiger charge is -2.20. The molecule has 182 valence electrons. The molecule has 0 fully saturated rings. The number of thioether (sulfide) groups is 1. The lowest BCUT2D eigenvalue weighted by molar-refractivity contribution is 0.0951. The number of hydrogen-bond acceptors (Lipinski definition) is 4. The first-order chi connectivity index (χ1) is 16.7. The normalized spacial score (nSPS) is 12.1. The van der Waals surface area contributed by atoms with Crippen molar-refractivity contribution in [1.29, 1.82) is 0 Å². The molecule has 1 amide bonds. The number of aromatic nitrogens is 2. The molecule has 0 saturated carbocycles. The second-order valence-corrected chi connectivity index (χ2v) is 9.87. The van der Waals surface area contributed by atoms with Gasteiger partial charge >= 0.3 is 0 Å². The molecule has 2 aromatic carbocycles. The Morgan fingerprint density at radius 3 is 2.46 bits per heavy atom. The van der Waals surface area contributed by atoms with E-state index < -0.39 is 0 Å². The first-order valence-corrected chi connectivity index (χ1v) is 12.9. The van der Waals surface area contributed by atoms with Crippen LogP contribution in [0.1, 0.15) is 45.8 Å². The summed E-state index contributed by atoms with van der Waals surface area (Å²) in [5.41, 5.74) is 6.09. The maximum Gasteiger partial charge on any atom is 0.254 e. The lowest BCUT2D eigenvalue weighted by atomic mass is 10.1. The Kier molecular flexibility index (Phi) is 7.08. The fraction of sp³-hybridized carbons (Fsp3) is 0.286. The van der Waals surface area contributed by atoms with Gasteiger partial charge in [0, 0.05) is 59.1 Å². The summed E-state index contributed by atoms with van der Waals surface area (Å²) >= 11 is 1.51. The molecular weight excluding hydrogens is 456 g/mol. The highest BCUT2D eigenvalue weighted by Gasteiger charge is 2.23. The van der Waals surface area contributed by atoms with Crippen LogP contribution in [-0.4, -0.2) is 35.8 Å². The average Bonchev–Trinajstić information content (AvgIpc) is 3.14. The van der Waals surface area contributed by atoms with Crippen molar-refractivity contribution >= 4 is 34.3 Å². The van der Waals surface area contributed by atoms with Gasteiger partial charge in [-0.25, -0.2) is 0 Å². The second-order valence-electron chi connectivity index (χ2n) is 9.02. The van der Waals surface area contributed by atoms with Gasteiger partial charge in [-0.2, -0.15) is 0 Å². The number of rotatable bonds is 7. The number of anilines is 1. The maximum atomic E-state index is 13.5. The van der Waals surface area contributed by atoms with Crippen LogP contribution in [0.3, 0.4) is 0 Å². The largest absolute Gasteiger partial charge is 0.378 e. The van der Waals surface area contributed by atoms with E-state index in [1.165, 1.54) is 17.3 Å². The van der Waals surface area contributed by atoms with E-state index >= 15 is 0 Å². The number of amides is 1. The van der Waals surface area contributed by atoms with Crippen molar-refractivity contribution in [3.05, 3.63) is 93.0 Å². The van der Waals surface area contributed by atoms with E-state index in [-0.39, 0.29) is 24.1 Å². The van der Waals surface area contributed by atoms with Crippen molar-refractivity contribution in [1.82, 2.24) is 14.9 Å². The lowest BCUT2D eigenvalue weighted by Crippen LogP contribution is -2.28. The molecular formula is C28H32N4O2S. The van der Waals surface area contributed by atoms with Crippen molar-refractivity contribution in [3.63, 3.8) is 0 Å². The minimum atomic E-state index is -0.181. The zero-order valence-corrected chi connectivity index (χ0v) is 21.9. The van der Waals surface area contributed by atoms with Crippen LogP contribution in [0.5, 0.6) is 0 Å². The molecule has 0 aliphatic carbocycles. The molecule has 0 saturated heterocycles. The first kappa shape index (κ1) is 24.7. The molecule has 4 rings (SSSR count). The van der Waals surface area contributed by atoms with E-state index in [1.54, 1.807) is 0 Å². The van der Waals surface area contributed by atoms with Crippen LogP contribution >= 0.6 is 11.8 Å². The summed E-state index contributed by atoms with van der Waals surface area (Å²) in [5.74, 6) is -0.181. The second kappa shape index (κ2) is 10.0. The van der Waals surface area contributed by atoms with Gasteiger partial charge in [0.05, 0.1) is 11.6 Å². The molecule has 2 heterocycles. The third kappa shape index (κ3) is 4.73. The predicted octanol–water partition coefficient (Wildman–Crippen LogP) is 5.27. The quantitative estimate of drug-likeness (QED) is 0.348. The molecule has 0 radical (unpaired) electrons. The monoisotopic (exact) mass is 488 g/mol. The summed E-state index contributed by atoms with van der Waals surface area (Å²) < 4.78 is 2.22. The number of carbonyl (C=O) groups is 1. The molecule has 6 nitrogen and oxygen atoms in total. The summed E-state index contributed by atoms with van der Waals surface area (Å²) in [6.07, 6.45) is 1.93. The van der Waals surface area contributed by atoms with Crippen LogP contribution < -0.4 is 15.8 Å². The summed E-state index contributed by atoms with van der Waals surface area (Å²) in [5, 5.41) is 3.91. The van der Waals surface area contributed by atoms with Crippen LogP contribution in [-0.2, 0) is 6.54 Å². The van der Waals surface area contributed by atoms with E-state index in [9.17, 15) is 9.59 Å². The molecule has 4 aromatic rings. The number of hydrogen-bond donors (Lipinski definition) is 2. The topological polar surface area (TPSA) is 70.1 Å². The van der Waals surface area contributed by atoms with Gasteiger partial charge < -0.3 is 19.8 Å². The zero-order chi connectivity index (χ0) is 25.3. The predicted molar refractivity (Wildman–Crippen MR) is 146 cm³/mol. The Bertz CT molecular complexity index is 1430. The van der Waals surface area contributed by atoms with Crippen molar-refractivity contribution in [2.45, 2.75) is 38.3 Å². The Hall–Kier alpha value is -3.45. The van der Waals surface area contributed by atoms with Gasteiger partial charge in [0.1, 0.15) is 0 Å². The van der Waals surface area contributed by atoms with Crippen molar-refractivity contribution in [2.75, 3.05) is 25.3 Å². The van der Waals surface area contributed by atoms with Gasteiger partial charge in [-0.3, -0.25) is 9.59 Å². The first-order valence-electron chi connectivity index (χ1n) is 11.6. The molecule has 35 heavy (non-hydrogen) atoms. The number of para-hydroxylation sites is 1. The van der Waals surface area contributed by atoms with E-state index in [1.807, 2.05) is 58.5 Å². The number of nitrogens with one attached hydrogen (secondary N) is 2. The Morgan fingerprint density at radius 1 is 1.11 bits per heavy atom. The number of nitrogens with zero attached hydrogens (tertiary/aromatic N) is 2. The molecule has 0 aliphatic rings. The van der Waals surface area contributed by atoms with Crippen LogP contribution in [0, 0.1) is 13.8 Å². The summed E-state index contributed by atoms with van der Waals surface area (Å²) in [4.78, 5) is 31.8. The van der Waals surface area contributed by atoms with Crippen LogP contribution in [0.15, 0.2) is 64.3 Å². The highest BCUT2D eigenvalue weighted by Crippen LogP contribution is 2.32. The third-order valence-corrected chi connectivity index (χ3v) is 7.34. The number of H-pyrrole nitrogens is 1. The van der Waals surface area contributed by atoms with Gasteiger partial charge in [0.2, 0.25) is 0 Å². The molecule has 7 heteroatoms. The standard InChI is InChI=1S/C28H32N4O2S/c1-17-15-25(35-6)23(27(33)30-17)16-29-28(34)26-19(3)32(24-10-8-7-9-22(24)26)18(2)20-11-13-21(14-12-20)31(4)5/h7-15,18H,16H2,1-6H3,(H,29,34)(H,30,33)/t18-/m1/s1. The van der Waals surface area contributed by atoms with Crippen molar-refractivity contribution < 1.29 is 4.79 Å². The number of fused-ring (bicyclic) bond motifs is 1. The number of benzene rings is 2. The Balaban J connectivity index is 1.70. The molecule has 1 atom stereocenters. The minimum Gasteiger partial charge on any atom is -0.378 e. The van der Waals surface area contributed by atoms with E-state index in [2.05, 4.69) is 57.0 Å². The minimum absolute atomic E-state index is 0.0423. The summed E-state index contributed by atoms with van der Waals surface area (Å²) in [7, 11) is 4.05. The SMILES string of the molecule is CSc1cc(C)[nH]c(=O)c1CNC(=O)c1c(C)n([C@H](C)c2ccc(N(C)C)cc2)c2ccccc12. The molecule has 2 N–H and O–H groups in total. The fourth-order valence-electron chi connectivity index (χ4n) is 4.67. The van der Waals surface area contributed by atoms with Crippen molar-refractivity contribution in [2.24, 2.45) is 0 Å². The fourth-order valence-corrected chi connectivity index (χ4v) is 5.38. The molecule has 0 spiro atoms. The molecule has 0 unspecified atom stereocenters. The smallest absolute Gasteiger partial charge is 0.254 e. The Labute approximate surface area is 210 Å². The van der Waals surface area contributed by atoms with Gasteiger partial charge in [0.15, 0.2) is 0 Å². The van der Waals surface area contributed by atoms with Gasteiger partial charge in [-0.05, 0) is 56.9 Å². The number of pyridine rings is 1. The maximum absolute atomic E-state index is 13.5. The third-order valence-electron chi connectivity index (χ3n) is 6.54. The molecule has 0 bridgehead atoms. The van der Waals surface area contributed by atoms with E-state index in [0.29, 0.717) is 11.1 Å². The van der Waals surface area contributed by atoms with E-state index in [4.69, 9.17) is 0 Å². The number of carbonyl (C=O) groups excluding carboxylic acids is 1. The molecule has 0 aliphatic heterocycles. The van der Waals surface area contributed by atoms with Gasteiger partial charge in [-0.15, -0.1) is 11.8 Å². The van der Waals surface area contributed by atoms with Crippen LogP contribution in [0.4, 0.5) is 5.69 Å². The van der Waals surface area contributed by atoms with E-state index in [0.717, 1.165) is 32.9 Å². The van der Waals surface area contributed by atoms with Gasteiger partial charge in [-0.1, -0.05) is 30.3 Å². The average molecular weight is 489 g/mol.